The fraction of sp³-hybridized carbons (Fsp3) is 0.200. The first kappa shape index (κ1) is 28.4. The summed E-state index contributed by atoms with van der Waals surface area (Å²) in [7, 11) is -2.87. The fourth-order valence-electron chi connectivity index (χ4n) is 4.33. The zero-order valence-electron chi connectivity index (χ0n) is 20.7. The van der Waals surface area contributed by atoms with E-state index in [4.69, 9.17) is 51.1 Å². The molecule has 1 amide bonds. The number of ether oxygens (including phenoxy) is 1. The Morgan fingerprint density at radius 3 is 2.62 bits per heavy atom. The average Bonchev–Trinajstić information content (AvgIpc) is 3.39. The number of anilines is 2. The van der Waals surface area contributed by atoms with Crippen molar-refractivity contribution in [2.75, 3.05) is 30.2 Å². The third kappa shape index (κ3) is 5.84. The molecule has 4 aromatic rings. The van der Waals surface area contributed by atoms with Crippen LogP contribution in [-0.4, -0.2) is 59.9 Å². The van der Waals surface area contributed by atoms with E-state index in [1.807, 2.05) is 0 Å². The monoisotopic (exact) mass is 640 g/mol. The van der Waals surface area contributed by atoms with E-state index in [-0.39, 0.29) is 32.5 Å². The van der Waals surface area contributed by atoms with E-state index >= 15 is 0 Å². The van der Waals surface area contributed by atoms with Crippen LogP contribution in [0.4, 0.5) is 16.4 Å². The number of halogens is 4. The molecule has 0 saturated carbocycles. The summed E-state index contributed by atoms with van der Waals surface area (Å²) in [5, 5.41) is 3.98. The number of hydrogen-bond donors (Lipinski definition) is 2. The summed E-state index contributed by atoms with van der Waals surface area (Å²) in [5.41, 5.74) is 1.80. The molecule has 5 rings (SSSR count). The van der Waals surface area contributed by atoms with Gasteiger partial charge in [-0.15, -0.1) is 0 Å². The summed E-state index contributed by atoms with van der Waals surface area (Å²) < 4.78 is 33.9. The van der Waals surface area contributed by atoms with E-state index in [1.165, 1.54) is 31.5 Å². The lowest BCUT2D eigenvalue weighted by Gasteiger charge is -2.16. The lowest BCUT2D eigenvalue weighted by atomic mass is 10.0. The highest BCUT2D eigenvalue weighted by atomic mass is 35.5. The standard InChI is InChI=1S/C25H20Cl4N6O4S/c1-39-23-20(9-15(26)11-30-23)40(37,38)34-19-5-3-17(27)21(22(19)28)13-2-4-18-14(8-13)10-31-25(33-18)32-16-6-7-35(12-16)24(29)36/h2-5,8-11,16,34H,6-7,12H2,1H3,(H,31,32,33)/t16-/m1/s1. The number of nitrogens with zero attached hydrogens (tertiary/aromatic N) is 4. The Kier molecular flexibility index (Phi) is 8.12. The third-order valence-electron chi connectivity index (χ3n) is 6.24. The lowest BCUT2D eigenvalue weighted by molar-refractivity contribution is 0.232. The van der Waals surface area contributed by atoms with E-state index in [2.05, 4.69) is 25.0 Å². The van der Waals surface area contributed by atoms with Crippen molar-refractivity contribution in [1.29, 1.82) is 0 Å². The van der Waals surface area contributed by atoms with Crippen molar-refractivity contribution in [3.05, 3.63) is 63.9 Å². The molecule has 3 heterocycles. The predicted molar refractivity (Wildman–Crippen MR) is 156 cm³/mol. The molecule has 0 bridgehead atoms. The van der Waals surface area contributed by atoms with Crippen molar-refractivity contribution in [2.45, 2.75) is 17.4 Å². The van der Waals surface area contributed by atoms with Crippen LogP contribution in [0.1, 0.15) is 6.42 Å². The molecule has 208 valence electrons. The molecule has 15 heteroatoms. The SMILES string of the molecule is COc1ncc(Cl)cc1S(=O)(=O)Nc1ccc(Cl)c(-c2ccc3nc(N[C@@H]4CCN(C(=O)Cl)C4)ncc3c2)c1Cl. The van der Waals surface area contributed by atoms with Crippen molar-refractivity contribution in [3.63, 3.8) is 0 Å². The van der Waals surface area contributed by atoms with E-state index < -0.39 is 15.4 Å². The highest BCUT2D eigenvalue weighted by Crippen LogP contribution is 2.41. The number of rotatable bonds is 7. The first-order chi connectivity index (χ1) is 19.1. The number of carbonyl (C=O) groups excluding carboxylic acids is 1. The highest BCUT2D eigenvalue weighted by molar-refractivity contribution is 7.92. The Labute approximate surface area is 249 Å². The molecule has 1 aliphatic heterocycles. The molecule has 0 radical (unpaired) electrons. The van der Waals surface area contributed by atoms with Gasteiger partial charge in [-0.05, 0) is 53.9 Å². The Hall–Kier alpha value is -3.09. The minimum atomic E-state index is -4.18. The second-order valence-corrected chi connectivity index (χ2v) is 12.0. The maximum Gasteiger partial charge on any atom is 0.316 e. The van der Waals surface area contributed by atoms with E-state index in [0.717, 1.165) is 6.42 Å². The second-order valence-electron chi connectivity index (χ2n) is 8.85. The zero-order valence-corrected chi connectivity index (χ0v) is 24.5. The van der Waals surface area contributed by atoms with Gasteiger partial charge in [0.15, 0.2) is 4.90 Å². The molecule has 1 saturated heterocycles. The number of pyridine rings is 1. The van der Waals surface area contributed by atoms with E-state index in [9.17, 15) is 13.2 Å². The number of likely N-dealkylation sites (tertiary alicyclic amines) is 1. The Morgan fingerprint density at radius 1 is 1.10 bits per heavy atom. The van der Waals surface area contributed by atoms with Gasteiger partial charge in [-0.1, -0.05) is 40.9 Å². The summed E-state index contributed by atoms with van der Waals surface area (Å²) in [6.07, 6.45) is 3.66. The van der Waals surface area contributed by atoms with Crippen LogP contribution < -0.4 is 14.8 Å². The Bertz CT molecular complexity index is 1740. The van der Waals surface area contributed by atoms with Crippen molar-refractivity contribution in [1.82, 2.24) is 19.9 Å². The molecule has 2 aromatic carbocycles. The van der Waals surface area contributed by atoms with Gasteiger partial charge in [-0.2, -0.15) is 0 Å². The maximum atomic E-state index is 13.2. The number of aromatic nitrogens is 3. The molecule has 1 atom stereocenters. The van der Waals surface area contributed by atoms with Crippen molar-refractivity contribution >= 4 is 84.3 Å². The van der Waals surface area contributed by atoms with Gasteiger partial charge in [0.05, 0.1) is 33.4 Å². The van der Waals surface area contributed by atoms with Gasteiger partial charge in [-0.25, -0.2) is 23.4 Å². The van der Waals surface area contributed by atoms with Crippen LogP contribution in [0.5, 0.6) is 5.88 Å². The minimum Gasteiger partial charge on any atom is -0.480 e. The molecule has 0 aliphatic carbocycles. The van der Waals surface area contributed by atoms with Crippen LogP contribution in [0.15, 0.2) is 53.7 Å². The molecular formula is C25H20Cl4N6O4S. The third-order valence-corrected chi connectivity index (χ3v) is 8.76. The quantitative estimate of drug-likeness (QED) is 0.178. The minimum absolute atomic E-state index is 0.00813. The summed E-state index contributed by atoms with van der Waals surface area (Å²) in [6.45, 7) is 1.04. The Morgan fingerprint density at radius 2 is 1.90 bits per heavy atom. The molecule has 40 heavy (non-hydrogen) atoms. The topological polar surface area (TPSA) is 126 Å². The van der Waals surface area contributed by atoms with Crippen LogP contribution in [0.2, 0.25) is 15.1 Å². The molecule has 0 spiro atoms. The molecule has 2 aromatic heterocycles. The first-order valence-corrected chi connectivity index (χ1v) is 14.7. The fourth-order valence-corrected chi connectivity index (χ4v) is 6.61. The van der Waals surface area contributed by atoms with Crippen molar-refractivity contribution in [3.8, 4) is 17.0 Å². The number of carbonyl (C=O) groups is 1. The van der Waals surface area contributed by atoms with Crippen LogP contribution in [0.25, 0.3) is 22.0 Å². The van der Waals surface area contributed by atoms with E-state index in [1.54, 1.807) is 29.3 Å². The number of nitrogens with one attached hydrogen (secondary N) is 2. The van der Waals surface area contributed by atoms with Gasteiger partial charge < -0.3 is 15.0 Å². The first-order valence-electron chi connectivity index (χ1n) is 11.7. The van der Waals surface area contributed by atoms with Crippen LogP contribution in [-0.2, 0) is 10.0 Å². The number of hydrogen-bond acceptors (Lipinski definition) is 8. The van der Waals surface area contributed by atoms with Gasteiger partial charge in [0.1, 0.15) is 0 Å². The molecule has 2 N–H and O–H groups in total. The van der Waals surface area contributed by atoms with Crippen molar-refractivity contribution < 1.29 is 17.9 Å². The molecule has 10 nitrogen and oxygen atoms in total. The highest BCUT2D eigenvalue weighted by Gasteiger charge is 2.26. The summed E-state index contributed by atoms with van der Waals surface area (Å²) in [5.74, 6) is 0.302. The molecule has 1 aliphatic rings. The van der Waals surface area contributed by atoms with Gasteiger partial charge >= 0.3 is 5.37 Å². The summed E-state index contributed by atoms with van der Waals surface area (Å²) in [6, 6.07) is 9.58. The number of fused-ring (bicyclic) bond motifs is 1. The van der Waals surface area contributed by atoms with Gasteiger partial charge in [0.2, 0.25) is 11.8 Å². The summed E-state index contributed by atoms with van der Waals surface area (Å²) >= 11 is 24.7. The number of benzene rings is 2. The Balaban J connectivity index is 1.43. The second kappa shape index (κ2) is 11.4. The zero-order chi connectivity index (χ0) is 28.6. The molecule has 1 fully saturated rings. The number of sulfonamides is 1. The van der Waals surface area contributed by atoms with Crippen LogP contribution >= 0.6 is 46.4 Å². The largest absolute Gasteiger partial charge is 0.480 e. The molecule has 0 unspecified atom stereocenters. The number of amides is 1. The normalized spacial score (nSPS) is 15.3. The predicted octanol–water partition coefficient (Wildman–Crippen LogP) is 6.31. The smallest absolute Gasteiger partial charge is 0.316 e. The average molecular weight is 642 g/mol. The van der Waals surface area contributed by atoms with E-state index in [0.29, 0.717) is 46.1 Å². The van der Waals surface area contributed by atoms with Crippen molar-refractivity contribution in [2.24, 2.45) is 0 Å². The lowest BCUT2D eigenvalue weighted by Crippen LogP contribution is -2.28. The number of methoxy groups -OCH3 is 1. The van der Waals surface area contributed by atoms with Crippen LogP contribution in [0.3, 0.4) is 0 Å². The molecular weight excluding hydrogens is 622 g/mol. The summed E-state index contributed by atoms with van der Waals surface area (Å²) in [4.78, 5) is 25.6. The maximum absolute atomic E-state index is 13.2. The van der Waals surface area contributed by atoms with Gasteiger partial charge in [-0.3, -0.25) is 9.52 Å². The van der Waals surface area contributed by atoms with Gasteiger partial charge in [0, 0.05) is 42.5 Å². The van der Waals surface area contributed by atoms with Gasteiger partial charge in [0.25, 0.3) is 10.0 Å². The van der Waals surface area contributed by atoms with Crippen LogP contribution in [0, 0.1) is 0 Å².